The van der Waals surface area contributed by atoms with E-state index in [4.69, 9.17) is 0 Å². The van der Waals surface area contributed by atoms with Crippen LogP contribution in [0.5, 0.6) is 0 Å². The van der Waals surface area contributed by atoms with Crippen molar-refractivity contribution in [2.24, 2.45) is 5.92 Å². The number of sulfone groups is 1. The maximum Gasteiger partial charge on any atom is 0.175 e. The van der Waals surface area contributed by atoms with Crippen LogP contribution in [0.25, 0.3) is 0 Å². The summed E-state index contributed by atoms with van der Waals surface area (Å²) in [5.41, 5.74) is 1.14. The van der Waals surface area contributed by atoms with E-state index in [0.717, 1.165) is 18.0 Å². The van der Waals surface area contributed by atoms with Crippen molar-refractivity contribution in [2.75, 3.05) is 12.8 Å². The molecule has 3 nitrogen and oxygen atoms in total. The zero-order chi connectivity index (χ0) is 13.2. The van der Waals surface area contributed by atoms with Crippen molar-refractivity contribution in [3.8, 4) is 0 Å². The van der Waals surface area contributed by atoms with E-state index in [1.165, 1.54) is 25.5 Å². The molecule has 1 saturated carbocycles. The second-order valence-corrected chi connectivity index (χ2v) is 7.28. The zero-order valence-electron chi connectivity index (χ0n) is 11.0. The number of benzene rings is 1. The van der Waals surface area contributed by atoms with E-state index in [2.05, 4.69) is 12.2 Å². The Bertz CT molecular complexity index is 489. The molecular weight excluding hydrogens is 246 g/mol. The molecule has 0 radical (unpaired) electrons. The average Bonchev–Trinajstić information content (AvgIpc) is 2.26. The molecule has 4 heteroatoms. The Morgan fingerprint density at radius 2 is 1.89 bits per heavy atom. The predicted octanol–water partition coefficient (Wildman–Crippen LogP) is 2.54. The third kappa shape index (κ3) is 3.33. The highest BCUT2D eigenvalue weighted by Crippen LogP contribution is 2.26. The lowest BCUT2D eigenvalue weighted by molar-refractivity contribution is 0.292. The third-order valence-electron chi connectivity index (χ3n) is 3.75. The first-order valence-corrected chi connectivity index (χ1v) is 8.39. The topological polar surface area (TPSA) is 46.2 Å². The van der Waals surface area contributed by atoms with Crippen LogP contribution in [0.3, 0.4) is 0 Å². The summed E-state index contributed by atoms with van der Waals surface area (Å²) in [4.78, 5) is 0.387. The summed E-state index contributed by atoms with van der Waals surface area (Å²) >= 11 is 0. The van der Waals surface area contributed by atoms with Crippen molar-refractivity contribution in [1.82, 2.24) is 5.32 Å². The van der Waals surface area contributed by atoms with E-state index in [-0.39, 0.29) is 6.04 Å². The molecule has 2 rings (SSSR count). The Labute approximate surface area is 110 Å². The van der Waals surface area contributed by atoms with Gasteiger partial charge < -0.3 is 5.32 Å². The van der Waals surface area contributed by atoms with Crippen LogP contribution in [0.1, 0.15) is 37.8 Å². The van der Waals surface area contributed by atoms with Gasteiger partial charge in [-0.1, -0.05) is 18.6 Å². The van der Waals surface area contributed by atoms with Gasteiger partial charge in [-0.3, -0.25) is 0 Å². The Kier molecular flexibility index (Phi) is 4.07. The molecule has 1 unspecified atom stereocenters. The fourth-order valence-electron chi connectivity index (χ4n) is 2.16. The maximum atomic E-state index is 11.4. The van der Waals surface area contributed by atoms with Gasteiger partial charge in [-0.15, -0.1) is 0 Å². The van der Waals surface area contributed by atoms with Gasteiger partial charge in [0.05, 0.1) is 4.90 Å². The van der Waals surface area contributed by atoms with Gasteiger partial charge in [0, 0.05) is 12.3 Å². The first kappa shape index (κ1) is 13.6. The van der Waals surface area contributed by atoms with E-state index in [1.807, 2.05) is 12.1 Å². The number of nitrogens with one attached hydrogen (secondary N) is 1. The van der Waals surface area contributed by atoms with Gasteiger partial charge in [0.15, 0.2) is 9.84 Å². The third-order valence-corrected chi connectivity index (χ3v) is 4.87. The SMILES string of the molecule is CC(NCC1CCC1)c1ccc(S(C)(=O)=O)cc1. The molecule has 0 aliphatic heterocycles. The second-order valence-electron chi connectivity index (χ2n) is 5.27. The van der Waals surface area contributed by atoms with E-state index >= 15 is 0 Å². The molecule has 1 fully saturated rings. The minimum absolute atomic E-state index is 0.277. The van der Waals surface area contributed by atoms with Gasteiger partial charge in [0.25, 0.3) is 0 Å². The van der Waals surface area contributed by atoms with Crippen molar-refractivity contribution in [3.05, 3.63) is 29.8 Å². The van der Waals surface area contributed by atoms with E-state index < -0.39 is 9.84 Å². The van der Waals surface area contributed by atoms with Crippen molar-refractivity contribution in [2.45, 2.75) is 37.1 Å². The zero-order valence-corrected chi connectivity index (χ0v) is 11.8. The predicted molar refractivity (Wildman–Crippen MR) is 73.3 cm³/mol. The standard InChI is InChI=1S/C14H21NO2S/c1-11(15-10-12-4-3-5-12)13-6-8-14(9-7-13)18(2,16)17/h6-9,11-12,15H,3-5,10H2,1-2H3. The fraction of sp³-hybridized carbons (Fsp3) is 0.571. The minimum atomic E-state index is -3.09. The molecule has 0 saturated heterocycles. The van der Waals surface area contributed by atoms with Gasteiger partial charge in [-0.05, 0) is 49.9 Å². The highest BCUT2D eigenvalue weighted by Gasteiger charge is 2.18. The Hall–Kier alpha value is -0.870. The lowest BCUT2D eigenvalue weighted by Gasteiger charge is -2.27. The molecule has 1 N–H and O–H groups in total. The molecule has 1 aromatic rings. The van der Waals surface area contributed by atoms with Crippen LogP contribution < -0.4 is 5.32 Å². The lowest BCUT2D eigenvalue weighted by atomic mass is 9.85. The van der Waals surface area contributed by atoms with Crippen molar-refractivity contribution < 1.29 is 8.42 Å². The largest absolute Gasteiger partial charge is 0.310 e. The molecule has 18 heavy (non-hydrogen) atoms. The Morgan fingerprint density at radius 3 is 2.33 bits per heavy atom. The van der Waals surface area contributed by atoms with Crippen LogP contribution in [0.15, 0.2) is 29.2 Å². The summed E-state index contributed by atoms with van der Waals surface area (Å²) in [7, 11) is -3.09. The Balaban J connectivity index is 1.95. The van der Waals surface area contributed by atoms with Gasteiger partial charge in [-0.2, -0.15) is 0 Å². The normalized spacial score (nSPS) is 18.3. The van der Waals surface area contributed by atoms with Gasteiger partial charge >= 0.3 is 0 Å². The molecule has 100 valence electrons. The van der Waals surface area contributed by atoms with Crippen LogP contribution in [0.4, 0.5) is 0 Å². The smallest absolute Gasteiger partial charge is 0.175 e. The molecule has 1 aliphatic carbocycles. The summed E-state index contributed by atoms with van der Waals surface area (Å²) in [6.07, 6.45) is 5.28. The first-order valence-electron chi connectivity index (χ1n) is 6.50. The van der Waals surface area contributed by atoms with E-state index in [1.54, 1.807) is 12.1 Å². The highest BCUT2D eigenvalue weighted by atomic mass is 32.2. The quantitative estimate of drug-likeness (QED) is 0.891. The summed E-state index contributed by atoms with van der Waals surface area (Å²) in [6.45, 7) is 3.18. The summed E-state index contributed by atoms with van der Waals surface area (Å²) in [5, 5.41) is 3.51. The van der Waals surface area contributed by atoms with Gasteiger partial charge in [-0.25, -0.2) is 8.42 Å². The molecule has 1 atom stereocenters. The van der Waals surface area contributed by atoms with Crippen LogP contribution in [-0.4, -0.2) is 21.2 Å². The highest BCUT2D eigenvalue weighted by molar-refractivity contribution is 7.90. The molecule has 0 amide bonds. The van der Waals surface area contributed by atoms with Gasteiger partial charge in [0.1, 0.15) is 0 Å². The first-order chi connectivity index (χ1) is 8.47. The van der Waals surface area contributed by atoms with E-state index in [9.17, 15) is 8.42 Å². The summed E-state index contributed by atoms with van der Waals surface area (Å²) < 4.78 is 22.7. The molecule has 0 spiro atoms. The van der Waals surface area contributed by atoms with Crippen molar-refractivity contribution in [3.63, 3.8) is 0 Å². The lowest BCUT2D eigenvalue weighted by Crippen LogP contribution is -2.29. The van der Waals surface area contributed by atoms with Crippen LogP contribution >= 0.6 is 0 Å². The molecule has 0 bridgehead atoms. The number of hydrogen-bond acceptors (Lipinski definition) is 3. The Morgan fingerprint density at radius 1 is 1.28 bits per heavy atom. The average molecular weight is 267 g/mol. The van der Waals surface area contributed by atoms with Crippen molar-refractivity contribution >= 4 is 9.84 Å². The van der Waals surface area contributed by atoms with Crippen molar-refractivity contribution in [1.29, 1.82) is 0 Å². The van der Waals surface area contributed by atoms with Crippen LogP contribution in [0.2, 0.25) is 0 Å². The van der Waals surface area contributed by atoms with Gasteiger partial charge in [0.2, 0.25) is 0 Å². The van der Waals surface area contributed by atoms with Crippen LogP contribution in [0, 0.1) is 5.92 Å². The number of rotatable bonds is 5. The molecule has 0 heterocycles. The fourth-order valence-corrected chi connectivity index (χ4v) is 2.79. The molecule has 1 aliphatic rings. The maximum absolute atomic E-state index is 11.4. The monoisotopic (exact) mass is 267 g/mol. The number of hydrogen-bond donors (Lipinski definition) is 1. The molecular formula is C14H21NO2S. The molecule has 1 aromatic carbocycles. The summed E-state index contributed by atoms with van der Waals surface area (Å²) in [5.74, 6) is 0.836. The molecule has 0 aromatic heterocycles. The second kappa shape index (κ2) is 5.41. The summed E-state index contributed by atoms with van der Waals surface area (Å²) in [6, 6.07) is 7.45. The minimum Gasteiger partial charge on any atom is -0.310 e. The van der Waals surface area contributed by atoms with E-state index in [0.29, 0.717) is 4.90 Å². The van der Waals surface area contributed by atoms with Crippen LogP contribution in [-0.2, 0) is 9.84 Å².